The minimum absolute atomic E-state index is 0.569. The number of likely N-dealkylation sites (tertiary alicyclic amines) is 1. The Morgan fingerprint density at radius 3 is 2.79 bits per heavy atom. The number of aryl methyl sites for hydroxylation is 1. The van der Waals surface area contributed by atoms with E-state index in [1.54, 1.807) is 0 Å². The third-order valence-corrected chi connectivity index (χ3v) is 5.71. The largest absolute Gasteiger partial charge is 0.312 e. The lowest BCUT2D eigenvalue weighted by atomic mass is 9.94. The van der Waals surface area contributed by atoms with E-state index in [0.29, 0.717) is 5.92 Å². The molecule has 0 unspecified atom stereocenters. The van der Waals surface area contributed by atoms with Crippen LogP contribution in [0.2, 0.25) is 0 Å². The topological polar surface area (TPSA) is 46.0 Å². The molecule has 1 fully saturated rings. The van der Waals surface area contributed by atoms with Gasteiger partial charge in [-0.05, 0) is 56.5 Å². The van der Waals surface area contributed by atoms with Crippen molar-refractivity contribution in [2.24, 2.45) is 0 Å². The van der Waals surface area contributed by atoms with Crippen LogP contribution in [0, 0.1) is 13.8 Å². The highest BCUT2D eigenvalue weighted by atomic mass is 15.3. The van der Waals surface area contributed by atoms with Gasteiger partial charge in [0.15, 0.2) is 0 Å². The number of nitrogens with one attached hydrogen (secondary N) is 1. The van der Waals surface area contributed by atoms with Gasteiger partial charge in [0.1, 0.15) is 11.6 Å². The molecule has 0 amide bonds. The SMILES string of the molecule is Cc1cccc(CN2CCC(c3nnc4n3CCNC4)CC2)c1C. The Bertz CT molecular complexity index is 713. The summed E-state index contributed by atoms with van der Waals surface area (Å²) in [7, 11) is 0. The Balaban J connectivity index is 1.40. The van der Waals surface area contributed by atoms with Crippen molar-refractivity contribution < 1.29 is 0 Å². The maximum atomic E-state index is 4.51. The van der Waals surface area contributed by atoms with E-state index >= 15 is 0 Å². The summed E-state index contributed by atoms with van der Waals surface area (Å²) in [5, 5.41) is 12.3. The highest BCUT2D eigenvalue weighted by molar-refractivity contribution is 5.33. The van der Waals surface area contributed by atoms with E-state index in [9.17, 15) is 0 Å². The van der Waals surface area contributed by atoms with Gasteiger partial charge in [0.05, 0.1) is 6.54 Å². The molecule has 0 spiro atoms. The second-order valence-corrected chi connectivity index (χ2v) is 7.21. The van der Waals surface area contributed by atoms with E-state index in [0.717, 1.165) is 45.1 Å². The van der Waals surface area contributed by atoms with Crippen LogP contribution < -0.4 is 5.32 Å². The van der Waals surface area contributed by atoms with Crippen LogP contribution in [-0.2, 0) is 19.6 Å². The van der Waals surface area contributed by atoms with Gasteiger partial charge in [-0.25, -0.2) is 0 Å². The summed E-state index contributed by atoms with van der Waals surface area (Å²) in [6.07, 6.45) is 2.38. The van der Waals surface area contributed by atoms with E-state index in [2.05, 4.69) is 57.0 Å². The summed E-state index contributed by atoms with van der Waals surface area (Å²) < 4.78 is 2.35. The molecule has 0 bridgehead atoms. The van der Waals surface area contributed by atoms with Crippen molar-refractivity contribution in [3.05, 3.63) is 46.5 Å². The van der Waals surface area contributed by atoms with Crippen molar-refractivity contribution in [1.82, 2.24) is 25.0 Å². The lowest BCUT2D eigenvalue weighted by Gasteiger charge is -2.32. The van der Waals surface area contributed by atoms with Crippen molar-refractivity contribution in [3.63, 3.8) is 0 Å². The van der Waals surface area contributed by atoms with Crippen LogP contribution in [0.15, 0.2) is 18.2 Å². The van der Waals surface area contributed by atoms with Crippen LogP contribution in [0.25, 0.3) is 0 Å². The lowest BCUT2D eigenvalue weighted by molar-refractivity contribution is 0.199. The van der Waals surface area contributed by atoms with Gasteiger partial charge in [0.2, 0.25) is 0 Å². The molecule has 1 aromatic carbocycles. The number of rotatable bonds is 3. The first kappa shape index (κ1) is 15.8. The molecule has 128 valence electrons. The van der Waals surface area contributed by atoms with E-state index in [-0.39, 0.29) is 0 Å². The molecule has 3 heterocycles. The number of hydrogen-bond acceptors (Lipinski definition) is 4. The zero-order valence-corrected chi connectivity index (χ0v) is 14.8. The summed E-state index contributed by atoms with van der Waals surface area (Å²) in [5.41, 5.74) is 4.31. The molecule has 0 atom stereocenters. The Kier molecular flexibility index (Phi) is 4.37. The minimum atomic E-state index is 0.569. The summed E-state index contributed by atoms with van der Waals surface area (Å²) in [6.45, 7) is 10.7. The highest BCUT2D eigenvalue weighted by Gasteiger charge is 2.27. The number of benzene rings is 1. The summed E-state index contributed by atoms with van der Waals surface area (Å²) in [6, 6.07) is 6.66. The van der Waals surface area contributed by atoms with Gasteiger partial charge in [0, 0.05) is 25.6 Å². The maximum absolute atomic E-state index is 4.51. The van der Waals surface area contributed by atoms with Crippen molar-refractivity contribution in [3.8, 4) is 0 Å². The van der Waals surface area contributed by atoms with Gasteiger partial charge < -0.3 is 9.88 Å². The van der Waals surface area contributed by atoms with Crippen LogP contribution in [0.5, 0.6) is 0 Å². The molecule has 0 aliphatic carbocycles. The molecule has 0 saturated carbocycles. The van der Waals surface area contributed by atoms with Crippen LogP contribution in [0.3, 0.4) is 0 Å². The average Bonchev–Trinajstić information content (AvgIpc) is 3.04. The van der Waals surface area contributed by atoms with Crippen molar-refractivity contribution in [1.29, 1.82) is 0 Å². The predicted octanol–water partition coefficient (Wildman–Crippen LogP) is 2.38. The predicted molar refractivity (Wildman–Crippen MR) is 94.9 cm³/mol. The van der Waals surface area contributed by atoms with E-state index in [4.69, 9.17) is 0 Å². The van der Waals surface area contributed by atoms with E-state index in [1.807, 2.05) is 0 Å². The minimum Gasteiger partial charge on any atom is -0.312 e. The molecular formula is C19H27N5. The van der Waals surface area contributed by atoms with Crippen LogP contribution in [-0.4, -0.2) is 39.3 Å². The number of piperidine rings is 1. The monoisotopic (exact) mass is 325 g/mol. The fourth-order valence-electron chi connectivity index (χ4n) is 3.99. The second-order valence-electron chi connectivity index (χ2n) is 7.21. The number of aromatic nitrogens is 3. The van der Waals surface area contributed by atoms with Crippen molar-refractivity contribution >= 4 is 0 Å². The van der Waals surface area contributed by atoms with Gasteiger partial charge in [0.25, 0.3) is 0 Å². The Hall–Kier alpha value is -1.72. The van der Waals surface area contributed by atoms with E-state index in [1.165, 1.54) is 35.4 Å². The van der Waals surface area contributed by atoms with Crippen LogP contribution in [0.1, 0.15) is 47.1 Å². The molecule has 2 aliphatic heterocycles. The molecule has 0 radical (unpaired) electrons. The molecule has 24 heavy (non-hydrogen) atoms. The summed E-state index contributed by atoms with van der Waals surface area (Å²) >= 11 is 0. The standard InChI is InChI=1S/C19H27N5/c1-14-4-3-5-17(15(14)2)13-23-9-6-16(7-10-23)19-22-21-18-12-20-8-11-24(18)19/h3-5,16,20H,6-13H2,1-2H3. The normalized spacial score (nSPS) is 19.4. The van der Waals surface area contributed by atoms with Gasteiger partial charge in [-0.15, -0.1) is 10.2 Å². The molecule has 5 heteroatoms. The molecular weight excluding hydrogens is 298 g/mol. The van der Waals surface area contributed by atoms with Crippen molar-refractivity contribution in [2.45, 2.75) is 52.2 Å². The molecule has 1 N–H and O–H groups in total. The maximum Gasteiger partial charge on any atom is 0.147 e. The molecule has 5 nitrogen and oxygen atoms in total. The van der Waals surface area contributed by atoms with E-state index < -0.39 is 0 Å². The molecule has 1 aromatic heterocycles. The molecule has 2 aliphatic rings. The molecule has 4 rings (SSSR count). The molecule has 1 saturated heterocycles. The Morgan fingerprint density at radius 2 is 1.96 bits per heavy atom. The van der Waals surface area contributed by atoms with Gasteiger partial charge in [-0.3, -0.25) is 4.90 Å². The van der Waals surface area contributed by atoms with Gasteiger partial charge in [-0.1, -0.05) is 18.2 Å². The quantitative estimate of drug-likeness (QED) is 0.941. The van der Waals surface area contributed by atoms with Crippen molar-refractivity contribution in [2.75, 3.05) is 19.6 Å². The first-order valence-corrected chi connectivity index (χ1v) is 9.12. The van der Waals surface area contributed by atoms with Gasteiger partial charge >= 0.3 is 0 Å². The number of nitrogens with zero attached hydrogens (tertiary/aromatic N) is 4. The zero-order valence-electron chi connectivity index (χ0n) is 14.8. The third-order valence-electron chi connectivity index (χ3n) is 5.71. The fourth-order valence-corrected chi connectivity index (χ4v) is 3.99. The number of hydrogen-bond donors (Lipinski definition) is 1. The zero-order chi connectivity index (χ0) is 16.5. The average molecular weight is 325 g/mol. The second kappa shape index (κ2) is 6.65. The lowest BCUT2D eigenvalue weighted by Crippen LogP contribution is -2.35. The first-order chi connectivity index (χ1) is 11.7. The smallest absolute Gasteiger partial charge is 0.147 e. The number of fused-ring (bicyclic) bond motifs is 1. The Morgan fingerprint density at radius 1 is 1.12 bits per heavy atom. The van der Waals surface area contributed by atoms with Crippen LogP contribution in [0.4, 0.5) is 0 Å². The Labute approximate surface area is 144 Å². The summed E-state index contributed by atoms with van der Waals surface area (Å²) in [4.78, 5) is 2.59. The third kappa shape index (κ3) is 2.98. The fraction of sp³-hybridized carbons (Fsp3) is 0.579. The first-order valence-electron chi connectivity index (χ1n) is 9.12. The summed E-state index contributed by atoms with van der Waals surface area (Å²) in [5.74, 6) is 2.89. The highest BCUT2D eigenvalue weighted by Crippen LogP contribution is 2.29. The van der Waals surface area contributed by atoms with Gasteiger partial charge in [-0.2, -0.15) is 0 Å². The molecule has 2 aromatic rings. The van der Waals surface area contributed by atoms with Crippen LogP contribution >= 0.6 is 0 Å².